The topological polar surface area (TPSA) is 90.9 Å². The molecule has 0 saturated heterocycles. The van der Waals surface area contributed by atoms with Crippen molar-refractivity contribution in [1.29, 1.82) is 0 Å². The molecule has 1 atom stereocenters. The molecule has 238 valence electrons. The van der Waals surface area contributed by atoms with Gasteiger partial charge < -0.3 is 19.5 Å². The number of ether oxygens (including phenoxy) is 3. The van der Waals surface area contributed by atoms with E-state index in [1.807, 2.05) is 93.6 Å². The van der Waals surface area contributed by atoms with Gasteiger partial charge in [-0.3, -0.25) is 14.4 Å². The Hall–Kier alpha value is -4.75. The molecule has 7 heteroatoms. The van der Waals surface area contributed by atoms with E-state index in [0.717, 1.165) is 11.1 Å². The van der Waals surface area contributed by atoms with Gasteiger partial charge in [-0.1, -0.05) is 84.9 Å². The third kappa shape index (κ3) is 7.37. The molecule has 5 rings (SSSR count). The summed E-state index contributed by atoms with van der Waals surface area (Å²) in [7, 11) is 0. The van der Waals surface area contributed by atoms with E-state index in [1.54, 1.807) is 45.0 Å². The van der Waals surface area contributed by atoms with Gasteiger partial charge in [0.25, 0.3) is 0 Å². The standard InChI is InChI=1S/C39H41NO6/c1-38(2,3)37(43)45-27(23-40-39(4,5)6)24-44-30-21-22-31(34-33(30)28-19-13-14-20-29(28)35(34)41)46-36(42)32(25-15-9-7-10-16-25)26-17-11-8-12-18-26/h7-22,27,32,40H,23-24H2,1-6H3. The normalized spacial score (nSPS) is 13.2. The van der Waals surface area contributed by atoms with Gasteiger partial charge in [0.2, 0.25) is 0 Å². The van der Waals surface area contributed by atoms with Gasteiger partial charge in [0.1, 0.15) is 30.1 Å². The number of benzene rings is 4. The molecular formula is C39H41NO6. The molecule has 0 fully saturated rings. The average molecular weight is 620 g/mol. The molecule has 0 aliphatic heterocycles. The van der Waals surface area contributed by atoms with Gasteiger partial charge in [-0.25, -0.2) is 0 Å². The Bertz CT molecular complexity index is 1680. The molecule has 0 aromatic heterocycles. The van der Waals surface area contributed by atoms with E-state index in [2.05, 4.69) is 5.32 Å². The zero-order valence-electron chi connectivity index (χ0n) is 27.3. The molecule has 46 heavy (non-hydrogen) atoms. The minimum Gasteiger partial charge on any atom is -0.489 e. The SMILES string of the molecule is CC(C)(C)NCC(COc1ccc(OC(=O)C(c2ccccc2)c2ccccc2)c2c1-c1ccccc1C2=O)OC(=O)C(C)(C)C. The second kappa shape index (κ2) is 13.3. The molecular weight excluding hydrogens is 578 g/mol. The van der Waals surface area contributed by atoms with Crippen LogP contribution in [0.2, 0.25) is 0 Å². The Labute approximate surface area is 270 Å². The third-order valence-electron chi connectivity index (χ3n) is 7.68. The van der Waals surface area contributed by atoms with Crippen molar-refractivity contribution < 1.29 is 28.6 Å². The van der Waals surface area contributed by atoms with Crippen molar-refractivity contribution in [3.63, 3.8) is 0 Å². The van der Waals surface area contributed by atoms with Gasteiger partial charge in [0.15, 0.2) is 5.78 Å². The van der Waals surface area contributed by atoms with E-state index in [-0.39, 0.29) is 35.2 Å². The number of carbonyl (C=O) groups is 3. The van der Waals surface area contributed by atoms with E-state index in [4.69, 9.17) is 14.2 Å². The fraction of sp³-hybridized carbons (Fsp3) is 0.308. The molecule has 0 bridgehead atoms. The lowest BCUT2D eigenvalue weighted by atomic mass is 9.91. The maximum Gasteiger partial charge on any atom is 0.323 e. The van der Waals surface area contributed by atoms with Crippen LogP contribution in [0.3, 0.4) is 0 Å². The fourth-order valence-electron chi connectivity index (χ4n) is 5.28. The molecule has 0 amide bonds. The minimum absolute atomic E-state index is 0.0525. The van der Waals surface area contributed by atoms with Crippen LogP contribution in [-0.2, 0) is 14.3 Å². The molecule has 0 heterocycles. The number of rotatable bonds is 10. The van der Waals surface area contributed by atoms with E-state index in [1.165, 1.54) is 0 Å². The van der Waals surface area contributed by atoms with E-state index in [0.29, 0.717) is 29.0 Å². The second-order valence-corrected chi connectivity index (χ2v) is 13.6. The van der Waals surface area contributed by atoms with E-state index in [9.17, 15) is 14.4 Å². The van der Waals surface area contributed by atoms with Crippen LogP contribution in [0.15, 0.2) is 97.1 Å². The summed E-state index contributed by atoms with van der Waals surface area (Å²) < 4.78 is 18.3. The molecule has 1 unspecified atom stereocenters. The van der Waals surface area contributed by atoms with Crippen molar-refractivity contribution in [3.8, 4) is 22.6 Å². The highest BCUT2D eigenvalue weighted by Crippen LogP contribution is 2.47. The molecule has 0 saturated carbocycles. The van der Waals surface area contributed by atoms with Gasteiger partial charge in [-0.2, -0.15) is 0 Å². The van der Waals surface area contributed by atoms with Crippen molar-refractivity contribution in [1.82, 2.24) is 5.32 Å². The molecule has 0 spiro atoms. The molecule has 1 aliphatic rings. The predicted molar refractivity (Wildman–Crippen MR) is 178 cm³/mol. The van der Waals surface area contributed by atoms with Gasteiger partial charge in [0.05, 0.1) is 11.0 Å². The predicted octanol–water partition coefficient (Wildman–Crippen LogP) is 7.36. The summed E-state index contributed by atoms with van der Waals surface area (Å²) in [6.07, 6.45) is -0.594. The third-order valence-corrected chi connectivity index (χ3v) is 7.68. The molecule has 4 aromatic carbocycles. The van der Waals surface area contributed by atoms with Crippen LogP contribution >= 0.6 is 0 Å². The largest absolute Gasteiger partial charge is 0.489 e. The summed E-state index contributed by atoms with van der Waals surface area (Å²) in [5, 5.41) is 3.39. The quantitative estimate of drug-likeness (QED) is 0.129. The highest BCUT2D eigenvalue weighted by Gasteiger charge is 2.35. The zero-order valence-corrected chi connectivity index (χ0v) is 27.3. The Morgan fingerprint density at radius 3 is 1.80 bits per heavy atom. The highest BCUT2D eigenvalue weighted by atomic mass is 16.6. The Balaban J connectivity index is 1.48. The minimum atomic E-state index is -0.693. The van der Waals surface area contributed by atoms with Gasteiger partial charge in [-0.15, -0.1) is 0 Å². The van der Waals surface area contributed by atoms with Gasteiger partial charge >= 0.3 is 11.9 Å². The smallest absolute Gasteiger partial charge is 0.323 e. The van der Waals surface area contributed by atoms with Gasteiger partial charge in [-0.05, 0) is 70.4 Å². The highest BCUT2D eigenvalue weighted by molar-refractivity contribution is 6.24. The van der Waals surface area contributed by atoms with Crippen LogP contribution in [0.5, 0.6) is 11.5 Å². The summed E-state index contributed by atoms with van der Waals surface area (Å²) in [6.45, 7) is 11.9. The van der Waals surface area contributed by atoms with Crippen LogP contribution < -0.4 is 14.8 Å². The first-order chi connectivity index (χ1) is 21.8. The first kappa shape index (κ1) is 32.6. The van der Waals surface area contributed by atoms with Crippen LogP contribution in [0.1, 0.15) is 74.5 Å². The first-order valence-corrected chi connectivity index (χ1v) is 15.5. The Morgan fingerprint density at radius 1 is 0.696 bits per heavy atom. The van der Waals surface area contributed by atoms with Crippen LogP contribution in [-0.4, -0.2) is 42.5 Å². The number of fused-ring (bicyclic) bond motifs is 3. The van der Waals surface area contributed by atoms with Crippen molar-refractivity contribution in [3.05, 3.63) is 119 Å². The fourth-order valence-corrected chi connectivity index (χ4v) is 5.28. The lowest BCUT2D eigenvalue weighted by molar-refractivity contribution is -0.160. The summed E-state index contributed by atoms with van der Waals surface area (Å²) in [5.41, 5.74) is 2.67. The monoisotopic (exact) mass is 619 g/mol. The maximum absolute atomic E-state index is 13.9. The Kier molecular flexibility index (Phi) is 9.44. The molecule has 1 N–H and O–H groups in total. The second-order valence-electron chi connectivity index (χ2n) is 13.6. The summed E-state index contributed by atoms with van der Waals surface area (Å²) in [5.74, 6) is -1.18. The number of esters is 2. The van der Waals surface area contributed by atoms with Crippen LogP contribution in [0, 0.1) is 5.41 Å². The van der Waals surface area contributed by atoms with Gasteiger partial charge in [0, 0.05) is 23.2 Å². The van der Waals surface area contributed by atoms with Crippen molar-refractivity contribution in [2.24, 2.45) is 5.41 Å². The molecule has 7 nitrogen and oxygen atoms in total. The van der Waals surface area contributed by atoms with Crippen molar-refractivity contribution >= 4 is 17.7 Å². The maximum atomic E-state index is 13.9. The number of nitrogens with one attached hydrogen (secondary N) is 1. The molecule has 1 aliphatic carbocycles. The number of ketones is 1. The van der Waals surface area contributed by atoms with E-state index >= 15 is 0 Å². The summed E-state index contributed by atoms with van der Waals surface area (Å²) >= 11 is 0. The number of carbonyl (C=O) groups excluding carboxylic acids is 3. The first-order valence-electron chi connectivity index (χ1n) is 15.5. The van der Waals surface area contributed by atoms with Crippen LogP contribution in [0.25, 0.3) is 11.1 Å². The summed E-state index contributed by atoms with van der Waals surface area (Å²) in [6, 6.07) is 29.4. The van der Waals surface area contributed by atoms with Crippen molar-refractivity contribution in [2.75, 3.05) is 13.2 Å². The van der Waals surface area contributed by atoms with Crippen LogP contribution in [0.4, 0.5) is 0 Å². The summed E-state index contributed by atoms with van der Waals surface area (Å²) in [4.78, 5) is 40.6. The number of hydrogen-bond donors (Lipinski definition) is 1. The lowest BCUT2D eigenvalue weighted by Crippen LogP contribution is -2.45. The average Bonchev–Trinajstić information content (AvgIpc) is 3.32. The zero-order chi connectivity index (χ0) is 33.1. The molecule has 4 aromatic rings. The van der Waals surface area contributed by atoms with Crippen molar-refractivity contribution in [2.45, 2.75) is 59.1 Å². The Morgan fingerprint density at radius 2 is 1.24 bits per heavy atom. The molecule has 0 radical (unpaired) electrons. The van der Waals surface area contributed by atoms with E-state index < -0.39 is 23.4 Å². The number of hydrogen-bond acceptors (Lipinski definition) is 7. The lowest BCUT2D eigenvalue weighted by Gasteiger charge is -2.28.